The molecule has 1 unspecified atom stereocenters. The van der Waals surface area contributed by atoms with Crippen molar-refractivity contribution < 1.29 is 14.5 Å². The summed E-state index contributed by atoms with van der Waals surface area (Å²) < 4.78 is 0. The van der Waals surface area contributed by atoms with Crippen LogP contribution in [0.25, 0.3) is 0 Å². The Morgan fingerprint density at radius 1 is 1.35 bits per heavy atom. The second kappa shape index (κ2) is 8.52. The van der Waals surface area contributed by atoms with Crippen molar-refractivity contribution in [2.75, 3.05) is 25.0 Å². The van der Waals surface area contributed by atoms with E-state index in [2.05, 4.69) is 16.7 Å². The van der Waals surface area contributed by atoms with Crippen LogP contribution >= 0.6 is 11.6 Å². The molecule has 26 heavy (non-hydrogen) atoms. The SMILES string of the molecule is CC[NH+](CC(=O)Nc1cc(Cl)ccc1C)CC(=O)N[C@](C)(C#N)C1CC1. The van der Waals surface area contributed by atoms with Gasteiger partial charge in [0, 0.05) is 10.7 Å². The van der Waals surface area contributed by atoms with E-state index >= 15 is 0 Å². The summed E-state index contributed by atoms with van der Waals surface area (Å²) in [5.74, 6) is -0.148. The van der Waals surface area contributed by atoms with Gasteiger partial charge in [-0.05, 0) is 57.2 Å². The maximum absolute atomic E-state index is 12.3. The zero-order chi connectivity index (χ0) is 19.3. The van der Waals surface area contributed by atoms with E-state index in [9.17, 15) is 14.9 Å². The largest absolute Gasteiger partial charge is 0.333 e. The zero-order valence-electron chi connectivity index (χ0n) is 15.5. The first-order valence-electron chi connectivity index (χ1n) is 8.89. The van der Waals surface area contributed by atoms with Crippen LogP contribution in [0.1, 0.15) is 32.3 Å². The van der Waals surface area contributed by atoms with Crippen molar-refractivity contribution in [1.29, 1.82) is 5.26 Å². The van der Waals surface area contributed by atoms with Gasteiger partial charge in [0.2, 0.25) is 0 Å². The molecule has 1 saturated carbocycles. The second-order valence-corrected chi connectivity index (χ2v) is 7.54. The van der Waals surface area contributed by atoms with E-state index < -0.39 is 5.54 Å². The molecular formula is C19H26ClN4O2+. The number of nitrogens with zero attached hydrogens (tertiary/aromatic N) is 1. The third kappa shape index (κ3) is 5.45. The molecular weight excluding hydrogens is 352 g/mol. The van der Waals surface area contributed by atoms with E-state index in [0.29, 0.717) is 17.3 Å². The number of carbonyl (C=O) groups excluding carboxylic acids is 2. The van der Waals surface area contributed by atoms with Crippen molar-refractivity contribution in [1.82, 2.24) is 5.32 Å². The van der Waals surface area contributed by atoms with Gasteiger partial charge in [0.25, 0.3) is 11.8 Å². The molecule has 2 rings (SSSR count). The smallest absolute Gasteiger partial charge is 0.279 e. The molecule has 1 aromatic rings. The number of hydrogen-bond donors (Lipinski definition) is 3. The lowest BCUT2D eigenvalue weighted by molar-refractivity contribution is -0.881. The minimum absolute atomic E-state index is 0.155. The summed E-state index contributed by atoms with van der Waals surface area (Å²) in [6, 6.07) is 7.54. The van der Waals surface area contributed by atoms with Crippen molar-refractivity contribution in [3.8, 4) is 6.07 Å². The molecule has 0 spiro atoms. The number of aryl methyl sites for hydroxylation is 1. The van der Waals surface area contributed by atoms with Gasteiger partial charge in [-0.25, -0.2) is 0 Å². The van der Waals surface area contributed by atoms with E-state index in [1.54, 1.807) is 19.1 Å². The first-order chi connectivity index (χ1) is 12.3. The minimum atomic E-state index is -0.809. The van der Waals surface area contributed by atoms with Gasteiger partial charge in [0.1, 0.15) is 5.54 Å². The average molecular weight is 378 g/mol. The van der Waals surface area contributed by atoms with Crippen LogP contribution in [-0.2, 0) is 9.59 Å². The van der Waals surface area contributed by atoms with Crippen LogP contribution in [0, 0.1) is 24.2 Å². The molecule has 0 saturated heterocycles. The lowest BCUT2D eigenvalue weighted by atomic mass is 9.98. The Balaban J connectivity index is 1.90. The maximum atomic E-state index is 12.3. The predicted octanol–water partition coefficient (Wildman–Crippen LogP) is 1.30. The van der Waals surface area contributed by atoms with Crippen molar-refractivity contribution in [2.45, 2.75) is 39.2 Å². The normalized spacial score (nSPS) is 16.9. The van der Waals surface area contributed by atoms with Crippen molar-refractivity contribution in [3.05, 3.63) is 28.8 Å². The monoisotopic (exact) mass is 377 g/mol. The van der Waals surface area contributed by atoms with Crippen LogP contribution in [-0.4, -0.2) is 37.0 Å². The first-order valence-corrected chi connectivity index (χ1v) is 9.27. The highest BCUT2D eigenvalue weighted by Crippen LogP contribution is 2.39. The number of nitrogens with one attached hydrogen (secondary N) is 3. The summed E-state index contributed by atoms with van der Waals surface area (Å²) in [6.07, 6.45) is 1.94. The maximum Gasteiger partial charge on any atom is 0.279 e. The fourth-order valence-corrected chi connectivity index (χ4v) is 3.08. The highest BCUT2D eigenvalue weighted by Gasteiger charge is 2.43. The van der Waals surface area contributed by atoms with Crippen molar-refractivity contribution >= 4 is 29.1 Å². The second-order valence-electron chi connectivity index (χ2n) is 7.10. The Morgan fingerprint density at radius 3 is 2.58 bits per heavy atom. The quantitative estimate of drug-likeness (QED) is 0.638. The van der Waals surface area contributed by atoms with E-state index in [1.165, 1.54) is 0 Å². The van der Waals surface area contributed by atoms with Gasteiger partial charge in [-0.2, -0.15) is 5.26 Å². The number of carbonyl (C=O) groups is 2. The lowest BCUT2D eigenvalue weighted by Gasteiger charge is -2.24. The molecule has 0 radical (unpaired) electrons. The first kappa shape index (κ1) is 20.2. The number of hydrogen-bond acceptors (Lipinski definition) is 3. The Bertz CT molecular complexity index is 727. The molecule has 1 fully saturated rings. The van der Waals surface area contributed by atoms with Crippen LogP contribution in [0.3, 0.4) is 0 Å². The van der Waals surface area contributed by atoms with Gasteiger partial charge >= 0.3 is 0 Å². The molecule has 6 nitrogen and oxygen atoms in total. The molecule has 1 aliphatic carbocycles. The van der Waals surface area contributed by atoms with Gasteiger partial charge in [-0.3, -0.25) is 9.59 Å². The summed E-state index contributed by atoms with van der Waals surface area (Å²) in [5.41, 5.74) is 0.789. The predicted molar refractivity (Wildman–Crippen MR) is 101 cm³/mol. The molecule has 0 aliphatic heterocycles. The molecule has 0 heterocycles. The number of amides is 2. The molecule has 140 valence electrons. The Kier molecular flexibility index (Phi) is 6.63. The van der Waals surface area contributed by atoms with Gasteiger partial charge in [-0.15, -0.1) is 0 Å². The molecule has 1 aromatic carbocycles. The molecule has 0 bridgehead atoms. The summed E-state index contributed by atoms with van der Waals surface area (Å²) in [4.78, 5) is 25.5. The van der Waals surface area contributed by atoms with Crippen LogP contribution in [0.4, 0.5) is 5.69 Å². The topological polar surface area (TPSA) is 86.4 Å². The number of quaternary nitrogens is 1. The van der Waals surface area contributed by atoms with E-state index in [1.807, 2.05) is 19.9 Å². The standard InChI is InChI=1S/C19H25ClN4O2/c1-4-24(11-18(26)23-19(3,12-21)14-6-7-14)10-17(25)22-16-9-15(20)8-5-13(16)2/h5,8-9,14H,4,6-7,10-11H2,1-3H3,(H,22,25)(H,23,26)/p+1/t19-/m1/s1. The van der Waals surface area contributed by atoms with E-state index in [-0.39, 0.29) is 30.8 Å². The summed E-state index contributed by atoms with van der Waals surface area (Å²) >= 11 is 5.97. The molecule has 0 aromatic heterocycles. The third-order valence-corrected chi connectivity index (χ3v) is 5.06. The van der Waals surface area contributed by atoms with E-state index in [0.717, 1.165) is 23.3 Å². The summed E-state index contributed by atoms with van der Waals surface area (Å²) in [5, 5.41) is 15.6. The Hall–Kier alpha value is -2.10. The third-order valence-electron chi connectivity index (χ3n) is 4.82. The van der Waals surface area contributed by atoms with Crippen LogP contribution < -0.4 is 15.5 Å². The number of halogens is 1. The number of nitriles is 1. The highest BCUT2D eigenvalue weighted by molar-refractivity contribution is 6.31. The molecule has 2 atom stereocenters. The van der Waals surface area contributed by atoms with Crippen LogP contribution in [0.5, 0.6) is 0 Å². The number of benzene rings is 1. The van der Waals surface area contributed by atoms with E-state index in [4.69, 9.17) is 11.6 Å². The van der Waals surface area contributed by atoms with Crippen LogP contribution in [0.15, 0.2) is 18.2 Å². The highest BCUT2D eigenvalue weighted by atomic mass is 35.5. The number of likely N-dealkylation sites (N-methyl/N-ethyl adjacent to an activating group) is 1. The molecule has 2 amide bonds. The lowest BCUT2D eigenvalue weighted by Crippen LogP contribution is -3.14. The fourth-order valence-electron chi connectivity index (χ4n) is 2.91. The van der Waals surface area contributed by atoms with Gasteiger partial charge in [-0.1, -0.05) is 17.7 Å². The van der Waals surface area contributed by atoms with Gasteiger partial charge < -0.3 is 15.5 Å². The minimum Gasteiger partial charge on any atom is -0.333 e. The summed E-state index contributed by atoms with van der Waals surface area (Å²) in [7, 11) is 0. The van der Waals surface area contributed by atoms with Crippen molar-refractivity contribution in [3.63, 3.8) is 0 Å². The van der Waals surface area contributed by atoms with Crippen molar-refractivity contribution in [2.24, 2.45) is 5.92 Å². The Labute approximate surface area is 159 Å². The van der Waals surface area contributed by atoms with Gasteiger partial charge in [0.15, 0.2) is 13.1 Å². The zero-order valence-corrected chi connectivity index (χ0v) is 16.2. The number of rotatable bonds is 8. The molecule has 1 aliphatic rings. The van der Waals surface area contributed by atoms with Gasteiger partial charge in [0.05, 0.1) is 12.6 Å². The molecule has 7 heteroatoms. The van der Waals surface area contributed by atoms with Crippen LogP contribution in [0.2, 0.25) is 5.02 Å². The Morgan fingerprint density at radius 2 is 2.00 bits per heavy atom. The number of anilines is 1. The fraction of sp³-hybridized carbons (Fsp3) is 0.526. The average Bonchev–Trinajstić information content (AvgIpc) is 3.42. The molecule has 3 N–H and O–H groups in total. The summed E-state index contributed by atoms with van der Waals surface area (Å²) in [6.45, 7) is 6.53.